The first-order valence-electron chi connectivity index (χ1n) is 20.8. The summed E-state index contributed by atoms with van der Waals surface area (Å²) in [6.07, 6.45) is 1.78. The molecule has 71 heavy (non-hydrogen) atoms. The largest absolute Gasteiger partial charge is 0.478 e. The normalized spacial score (nSPS) is 11.6. The minimum atomic E-state index is -0.940. The highest BCUT2D eigenvalue weighted by Gasteiger charge is 2.25. The van der Waals surface area contributed by atoms with Crippen molar-refractivity contribution in [2.45, 2.75) is 52.7 Å². The fraction of sp³-hybridized carbons (Fsp3) is 0.217. The number of nitrogens with zero attached hydrogens (tertiary/aromatic N) is 14. The van der Waals surface area contributed by atoms with Gasteiger partial charge in [-0.05, 0) is 140 Å². The number of aromatic nitrogens is 10. The third-order valence-electron chi connectivity index (χ3n) is 10.3. The van der Waals surface area contributed by atoms with Crippen molar-refractivity contribution >= 4 is 43.5 Å². The molecule has 0 bridgehead atoms. The summed E-state index contributed by atoms with van der Waals surface area (Å²) >= 11 is 6.16. The zero-order chi connectivity index (χ0) is 51.8. The van der Waals surface area contributed by atoms with E-state index in [0.29, 0.717) is 55.7 Å². The van der Waals surface area contributed by atoms with E-state index in [1.165, 1.54) is 42.7 Å². The topological polar surface area (TPSA) is 260 Å². The second-order valence-corrected chi connectivity index (χ2v) is 17.4. The summed E-state index contributed by atoms with van der Waals surface area (Å²) in [5.41, 5.74) is 7.58. The molecule has 6 heterocycles. The monoisotopic (exact) mass is 1100 g/mol. The van der Waals surface area contributed by atoms with Gasteiger partial charge in [-0.2, -0.15) is 35.3 Å². The molecule has 0 amide bonds. The molecule has 2 atom stereocenters. The van der Waals surface area contributed by atoms with Crippen LogP contribution in [0, 0.1) is 74.2 Å². The Labute approximate surface area is 418 Å². The van der Waals surface area contributed by atoms with E-state index >= 15 is 0 Å². The van der Waals surface area contributed by atoms with Crippen LogP contribution in [0.5, 0.6) is 5.75 Å². The van der Waals surface area contributed by atoms with E-state index in [1.54, 1.807) is 70.9 Å². The number of rotatable bonds is 12. The molecule has 8 aromatic rings. The average molecular weight is 1100 g/mol. The summed E-state index contributed by atoms with van der Waals surface area (Å²) < 4.78 is 53.9. The Morgan fingerprint density at radius 1 is 0.676 bits per heavy atom. The predicted molar refractivity (Wildman–Crippen MR) is 255 cm³/mol. The Balaban J connectivity index is 0.000000198. The molecule has 0 aliphatic carbocycles. The van der Waals surface area contributed by atoms with E-state index < -0.39 is 51.1 Å². The van der Waals surface area contributed by atoms with E-state index in [4.69, 9.17) is 15.3 Å². The molecule has 0 aliphatic rings. The van der Waals surface area contributed by atoms with Crippen molar-refractivity contribution in [2.75, 3.05) is 0 Å². The van der Waals surface area contributed by atoms with Crippen molar-refractivity contribution in [3.05, 3.63) is 188 Å². The lowest BCUT2D eigenvalue weighted by Gasteiger charge is -2.19. The van der Waals surface area contributed by atoms with Crippen molar-refractivity contribution in [3.63, 3.8) is 0 Å². The van der Waals surface area contributed by atoms with Crippen LogP contribution in [-0.2, 0) is 26.9 Å². The van der Waals surface area contributed by atoms with Crippen LogP contribution in [0.3, 0.4) is 0 Å². The van der Waals surface area contributed by atoms with Gasteiger partial charge in [-0.3, -0.25) is 9.36 Å². The van der Waals surface area contributed by atoms with Gasteiger partial charge in [0.1, 0.15) is 29.9 Å². The van der Waals surface area contributed by atoms with Gasteiger partial charge in [-0.15, -0.1) is 0 Å². The summed E-state index contributed by atoms with van der Waals surface area (Å²) in [6, 6.07) is 22.2. The number of nitriles is 2. The van der Waals surface area contributed by atoms with Gasteiger partial charge in [-0.25, -0.2) is 18.1 Å². The fourth-order valence-electron chi connectivity index (χ4n) is 7.13. The predicted octanol–water partition coefficient (Wildman–Crippen LogP) is 9.18. The summed E-state index contributed by atoms with van der Waals surface area (Å²) in [4.78, 5) is 27.0. The van der Waals surface area contributed by atoms with Crippen LogP contribution in [0.15, 0.2) is 94.1 Å². The third-order valence-corrected chi connectivity index (χ3v) is 11.1. The number of nitro groups is 2. The van der Waals surface area contributed by atoms with E-state index in [9.17, 15) is 38.5 Å². The summed E-state index contributed by atoms with van der Waals surface area (Å²) in [7, 11) is 3.53. The molecule has 0 aliphatic heterocycles. The van der Waals surface area contributed by atoms with E-state index in [0.717, 1.165) is 40.2 Å². The first-order valence-corrected chi connectivity index (χ1v) is 22.4. The second-order valence-electron chi connectivity index (χ2n) is 15.5. The fourth-order valence-corrected chi connectivity index (χ4v) is 7.74. The lowest BCUT2D eigenvalue weighted by molar-refractivity contribution is -0.392. The van der Waals surface area contributed by atoms with Crippen LogP contribution in [-0.4, -0.2) is 64.0 Å². The smallest absolute Gasteiger partial charge is 0.406 e. The molecule has 2 unspecified atom stereocenters. The number of halogens is 5. The van der Waals surface area contributed by atoms with E-state index in [1.807, 2.05) is 38.1 Å². The van der Waals surface area contributed by atoms with Crippen molar-refractivity contribution in [1.82, 2.24) is 49.1 Å². The highest BCUT2D eigenvalue weighted by Crippen LogP contribution is 2.34. The number of pyridine rings is 2. The van der Waals surface area contributed by atoms with E-state index in [2.05, 4.69) is 62.2 Å². The second kappa shape index (κ2) is 22.5. The van der Waals surface area contributed by atoms with Gasteiger partial charge in [0.25, 0.3) is 0 Å². The number of aliphatic hydroxyl groups excluding tert-OH is 1. The standard InChI is InChI=1S/C23H19BrFN7O3.C18H18FN5O.C5H2BrFN2O2/c1-13-6-19(10-18-9-17(11-26)29-30(18)3)31(28-13)21-5-4-16(25)8-20(21)14(2)35-22-7-15(24)12-27-23(22)32(33)34;1-11-6-16(9-15-8-14(10-20)22-23(15)3)24(21-11)18-5-4-13(19)7-17(18)12(2)25;6-3-1-4(7)5(8-2-3)9(10)11/h4-9,12,14H,10H2,1-3H3;4-8,12,25H,9H2,1-3H3;1-2H. The number of hydrogen-bond donors (Lipinski definition) is 1. The highest BCUT2D eigenvalue weighted by molar-refractivity contribution is 9.10. The minimum Gasteiger partial charge on any atom is -0.478 e. The van der Waals surface area contributed by atoms with Gasteiger partial charge in [-0.1, -0.05) is 0 Å². The van der Waals surface area contributed by atoms with Gasteiger partial charge < -0.3 is 30.1 Å². The maximum absolute atomic E-state index is 14.3. The van der Waals surface area contributed by atoms with Gasteiger partial charge in [0.05, 0.1) is 49.2 Å². The zero-order valence-corrected chi connectivity index (χ0v) is 41.5. The van der Waals surface area contributed by atoms with Crippen LogP contribution in [0.1, 0.15) is 82.7 Å². The molecule has 6 aromatic heterocycles. The maximum atomic E-state index is 14.3. The van der Waals surface area contributed by atoms with Crippen LogP contribution in [0.25, 0.3) is 11.4 Å². The van der Waals surface area contributed by atoms with Crippen LogP contribution >= 0.6 is 31.9 Å². The van der Waals surface area contributed by atoms with Crippen molar-refractivity contribution in [3.8, 4) is 29.3 Å². The molecule has 0 fully saturated rings. The maximum Gasteiger partial charge on any atom is 0.406 e. The Kier molecular flexibility index (Phi) is 16.6. The minimum absolute atomic E-state index is 0.0529. The van der Waals surface area contributed by atoms with Crippen molar-refractivity contribution < 1.29 is 32.9 Å². The molecule has 0 saturated heterocycles. The van der Waals surface area contributed by atoms with Crippen LogP contribution in [0.2, 0.25) is 0 Å². The van der Waals surface area contributed by atoms with Crippen LogP contribution < -0.4 is 4.74 Å². The molecule has 0 spiro atoms. The van der Waals surface area contributed by atoms with Crippen molar-refractivity contribution in [2.24, 2.45) is 14.1 Å². The molecule has 20 nitrogen and oxygen atoms in total. The number of benzene rings is 2. The number of ether oxygens (including phenoxy) is 1. The summed E-state index contributed by atoms with van der Waals surface area (Å²) in [5, 5.41) is 67.0. The number of aryl methyl sites for hydroxylation is 4. The highest BCUT2D eigenvalue weighted by atomic mass is 79.9. The first kappa shape index (κ1) is 52.2. The van der Waals surface area contributed by atoms with Crippen molar-refractivity contribution in [1.29, 1.82) is 10.5 Å². The summed E-state index contributed by atoms with van der Waals surface area (Å²) in [5.74, 6) is -3.09. The lowest BCUT2D eigenvalue weighted by atomic mass is 10.1. The Morgan fingerprint density at radius 2 is 1.13 bits per heavy atom. The number of hydrogen-bond acceptors (Lipinski definition) is 14. The van der Waals surface area contributed by atoms with E-state index in [-0.39, 0.29) is 5.75 Å². The van der Waals surface area contributed by atoms with Gasteiger partial charge in [0.15, 0.2) is 23.8 Å². The van der Waals surface area contributed by atoms with Gasteiger partial charge in [0, 0.05) is 61.6 Å². The molecular weight excluding hydrogens is 1060 g/mol. The van der Waals surface area contributed by atoms with Gasteiger partial charge in [0.2, 0.25) is 11.6 Å². The Bertz CT molecular complexity index is 3380. The zero-order valence-electron chi connectivity index (χ0n) is 38.3. The molecule has 1 N–H and O–H groups in total. The molecule has 0 radical (unpaired) electrons. The SMILES string of the molecule is Cc1cc(Cc2cc(C#N)nn2C)n(-c2ccc(F)cc2C(C)O)n1.Cc1cc(Cc2cc(C#N)nn2C)n(-c2ccc(F)cc2C(C)Oc2cc(Br)cnc2[N+](=O)[O-])n1.O=[N+]([O-])c1ncc(Br)cc1F. The van der Waals surface area contributed by atoms with Gasteiger partial charge >= 0.3 is 11.6 Å². The molecule has 8 rings (SSSR count). The molecule has 364 valence electrons. The number of aliphatic hydroxyl groups is 1. The van der Waals surface area contributed by atoms with Crippen LogP contribution in [0.4, 0.5) is 24.8 Å². The molecule has 25 heteroatoms. The average Bonchev–Trinajstić information content (AvgIpc) is 4.08. The Morgan fingerprint density at radius 3 is 1.56 bits per heavy atom. The quantitative estimate of drug-likeness (QED) is 0.0883. The molecule has 0 saturated carbocycles. The first-order chi connectivity index (χ1) is 33.6. The molecular formula is C46H39Br2F3N14O6. The summed E-state index contributed by atoms with van der Waals surface area (Å²) in [6.45, 7) is 6.97. The molecule has 2 aromatic carbocycles. The third kappa shape index (κ3) is 12.8. The lowest BCUT2D eigenvalue weighted by Crippen LogP contribution is -2.13. The Hall–Kier alpha value is -8.13.